The normalized spacial score (nSPS) is 13.2. The van der Waals surface area contributed by atoms with Crippen LogP contribution >= 0.6 is 0 Å². The van der Waals surface area contributed by atoms with Gasteiger partial charge in [-0.15, -0.1) is 6.58 Å². The van der Waals surface area contributed by atoms with Gasteiger partial charge in [0.1, 0.15) is 0 Å². The third-order valence-corrected chi connectivity index (χ3v) is 12.5. The molecule has 0 aromatic carbocycles. The summed E-state index contributed by atoms with van der Waals surface area (Å²) in [6, 6.07) is 0.570. The highest BCUT2D eigenvalue weighted by molar-refractivity contribution is 6.76. The molecular weight excluding hydrogens is 384 g/mol. The van der Waals surface area contributed by atoms with E-state index in [2.05, 4.69) is 6.58 Å². The SMILES string of the molecule is C=CCCCC[Si](OC)(OC)O[Si](OC)(OC)O[Si](OC)(OC)OC. The smallest absolute Gasteiger partial charge is 0.377 e. The van der Waals surface area contributed by atoms with Crippen LogP contribution in [0.25, 0.3) is 0 Å². The van der Waals surface area contributed by atoms with Gasteiger partial charge < -0.3 is 39.2 Å². The van der Waals surface area contributed by atoms with Gasteiger partial charge in [-0.1, -0.05) is 6.08 Å². The molecule has 12 heteroatoms. The number of allylic oxidation sites excluding steroid dienone is 1. The molecule has 0 fully saturated rings. The minimum Gasteiger partial charge on any atom is -0.377 e. The molecule has 0 amide bonds. The zero-order valence-corrected chi connectivity index (χ0v) is 19.3. The standard InChI is InChI=1S/C13H32O9Si3/c1-9-10-11-12-13-23(14-2,15-3)21-25(19-7,20-8)22-24(16-4,17-5)18-6/h9H,1,10-13H2,2-8H3. The fraction of sp³-hybridized carbons (Fsp3) is 0.846. The van der Waals surface area contributed by atoms with E-state index < -0.39 is 26.9 Å². The highest BCUT2D eigenvalue weighted by Gasteiger charge is 2.62. The van der Waals surface area contributed by atoms with Crippen LogP contribution in [0.1, 0.15) is 19.3 Å². The summed E-state index contributed by atoms with van der Waals surface area (Å²) in [6.45, 7) is 3.72. The zero-order valence-electron chi connectivity index (χ0n) is 16.3. The molecular formula is C13H32O9Si3. The summed E-state index contributed by atoms with van der Waals surface area (Å²) < 4.78 is 49.9. The maximum Gasteiger partial charge on any atom is 0.673 e. The second kappa shape index (κ2) is 12.4. The maximum atomic E-state index is 6.10. The average molecular weight is 417 g/mol. The van der Waals surface area contributed by atoms with Crippen molar-refractivity contribution in [2.45, 2.75) is 25.3 Å². The Bertz CT molecular complexity index is 352. The van der Waals surface area contributed by atoms with Crippen LogP contribution in [0.3, 0.4) is 0 Å². The molecule has 0 N–H and O–H groups in total. The molecule has 0 unspecified atom stereocenters. The van der Waals surface area contributed by atoms with Gasteiger partial charge in [0.25, 0.3) is 0 Å². The lowest BCUT2D eigenvalue weighted by atomic mass is 10.2. The summed E-state index contributed by atoms with van der Waals surface area (Å²) in [5.41, 5.74) is 0. The van der Waals surface area contributed by atoms with Crippen LogP contribution in [-0.2, 0) is 39.2 Å². The highest BCUT2D eigenvalue weighted by atomic mass is 28.5. The Morgan fingerprint density at radius 1 is 0.640 bits per heavy atom. The molecule has 0 radical (unpaired) electrons. The molecule has 0 aliphatic rings. The predicted octanol–water partition coefficient (Wildman–Crippen LogP) is 1.71. The maximum absolute atomic E-state index is 6.10. The average Bonchev–Trinajstić information content (AvgIpc) is 2.68. The molecule has 0 bridgehead atoms. The first-order chi connectivity index (χ1) is 11.9. The van der Waals surface area contributed by atoms with Gasteiger partial charge in [-0.2, -0.15) is 0 Å². The lowest BCUT2D eigenvalue weighted by Gasteiger charge is -2.37. The van der Waals surface area contributed by atoms with Crippen LogP contribution in [0.5, 0.6) is 0 Å². The summed E-state index contributed by atoms with van der Waals surface area (Å²) in [4.78, 5) is 0. The van der Waals surface area contributed by atoms with Gasteiger partial charge >= 0.3 is 26.9 Å². The number of hydrogen-bond donors (Lipinski definition) is 0. The summed E-state index contributed by atoms with van der Waals surface area (Å²) in [6.07, 6.45) is 4.54. The third kappa shape index (κ3) is 7.28. The number of rotatable bonds is 16. The molecule has 0 aliphatic carbocycles. The molecule has 0 saturated carbocycles. The van der Waals surface area contributed by atoms with Crippen molar-refractivity contribution in [2.75, 3.05) is 49.8 Å². The van der Waals surface area contributed by atoms with Crippen molar-refractivity contribution in [1.82, 2.24) is 0 Å². The van der Waals surface area contributed by atoms with Gasteiger partial charge in [-0.25, -0.2) is 0 Å². The van der Waals surface area contributed by atoms with E-state index >= 15 is 0 Å². The van der Waals surface area contributed by atoms with Gasteiger partial charge in [0.2, 0.25) is 0 Å². The van der Waals surface area contributed by atoms with Crippen molar-refractivity contribution in [3.05, 3.63) is 12.7 Å². The molecule has 150 valence electrons. The Labute approximate surface area is 154 Å². The van der Waals surface area contributed by atoms with Crippen LogP contribution in [0.4, 0.5) is 0 Å². The van der Waals surface area contributed by atoms with Crippen molar-refractivity contribution >= 4 is 26.9 Å². The molecule has 0 aromatic rings. The summed E-state index contributed by atoms with van der Waals surface area (Å²) in [7, 11) is -0.163. The van der Waals surface area contributed by atoms with E-state index in [1.54, 1.807) is 0 Å². The third-order valence-electron chi connectivity index (χ3n) is 3.54. The lowest BCUT2D eigenvalue weighted by Crippen LogP contribution is -2.65. The molecule has 25 heavy (non-hydrogen) atoms. The fourth-order valence-electron chi connectivity index (χ4n) is 2.04. The van der Waals surface area contributed by atoms with Gasteiger partial charge in [-0.3, -0.25) is 0 Å². The van der Waals surface area contributed by atoms with Crippen molar-refractivity contribution in [3.63, 3.8) is 0 Å². The monoisotopic (exact) mass is 416 g/mol. The Morgan fingerprint density at radius 2 is 1.12 bits per heavy atom. The second-order valence-corrected chi connectivity index (χ2v) is 13.2. The molecule has 0 heterocycles. The molecule has 9 nitrogen and oxygen atoms in total. The fourth-order valence-corrected chi connectivity index (χ4v) is 10.7. The minimum atomic E-state index is -3.71. The first kappa shape index (κ1) is 25.0. The van der Waals surface area contributed by atoms with Gasteiger partial charge in [0.05, 0.1) is 0 Å². The topological polar surface area (TPSA) is 83.1 Å². The largest absolute Gasteiger partial charge is 0.673 e. The summed E-state index contributed by atoms with van der Waals surface area (Å²) in [5.74, 6) is 0. The molecule has 0 spiro atoms. The molecule has 0 saturated heterocycles. The van der Waals surface area contributed by atoms with E-state index in [9.17, 15) is 0 Å². The van der Waals surface area contributed by atoms with Crippen molar-refractivity contribution in [3.8, 4) is 0 Å². The van der Waals surface area contributed by atoms with Crippen molar-refractivity contribution < 1.29 is 39.2 Å². The van der Waals surface area contributed by atoms with Crippen LogP contribution in [0, 0.1) is 0 Å². The van der Waals surface area contributed by atoms with E-state index in [1.165, 1.54) is 49.8 Å². The Morgan fingerprint density at radius 3 is 1.48 bits per heavy atom. The number of unbranched alkanes of at least 4 members (excludes halogenated alkanes) is 2. The van der Waals surface area contributed by atoms with Crippen LogP contribution in [0.2, 0.25) is 6.04 Å². The first-order valence-corrected chi connectivity index (χ1v) is 13.0. The predicted molar refractivity (Wildman–Crippen MR) is 97.4 cm³/mol. The number of hydrogen-bond acceptors (Lipinski definition) is 9. The molecule has 0 atom stereocenters. The van der Waals surface area contributed by atoms with E-state index in [-0.39, 0.29) is 0 Å². The zero-order chi connectivity index (χ0) is 19.4. The Kier molecular flexibility index (Phi) is 12.4. The minimum absolute atomic E-state index is 0.570. The van der Waals surface area contributed by atoms with Gasteiger partial charge in [0, 0.05) is 55.8 Å². The Balaban J connectivity index is 5.40. The van der Waals surface area contributed by atoms with Crippen LogP contribution < -0.4 is 0 Å². The summed E-state index contributed by atoms with van der Waals surface area (Å²) in [5, 5.41) is 0. The lowest BCUT2D eigenvalue weighted by molar-refractivity contribution is -0.0263. The van der Waals surface area contributed by atoms with Gasteiger partial charge in [-0.05, 0) is 19.3 Å². The molecule has 0 rings (SSSR count). The molecule has 0 aliphatic heterocycles. The van der Waals surface area contributed by atoms with E-state index in [0.717, 1.165) is 19.3 Å². The van der Waals surface area contributed by atoms with Crippen LogP contribution in [-0.4, -0.2) is 76.7 Å². The molecule has 0 aromatic heterocycles. The van der Waals surface area contributed by atoms with Crippen molar-refractivity contribution in [1.29, 1.82) is 0 Å². The van der Waals surface area contributed by atoms with E-state index in [1.807, 2.05) is 6.08 Å². The highest BCUT2D eigenvalue weighted by Crippen LogP contribution is 2.27. The summed E-state index contributed by atoms with van der Waals surface area (Å²) >= 11 is 0. The van der Waals surface area contributed by atoms with E-state index in [0.29, 0.717) is 6.04 Å². The Hall–Kier alpha value is 0.0306. The van der Waals surface area contributed by atoms with Crippen molar-refractivity contribution in [2.24, 2.45) is 0 Å². The van der Waals surface area contributed by atoms with Crippen LogP contribution in [0.15, 0.2) is 12.7 Å². The first-order valence-electron chi connectivity index (χ1n) is 7.77. The van der Waals surface area contributed by atoms with Gasteiger partial charge in [0.15, 0.2) is 0 Å². The van der Waals surface area contributed by atoms with E-state index in [4.69, 9.17) is 39.2 Å². The second-order valence-electron chi connectivity index (χ2n) is 4.85. The quantitative estimate of drug-likeness (QED) is 0.212.